The Hall–Kier alpha value is -3.00. The van der Waals surface area contributed by atoms with Crippen LogP contribution in [0.3, 0.4) is 0 Å². The van der Waals surface area contributed by atoms with Gasteiger partial charge >= 0.3 is 0 Å². The molecule has 2 aromatic rings. The van der Waals surface area contributed by atoms with Crippen LogP contribution in [0.25, 0.3) is 11.3 Å². The van der Waals surface area contributed by atoms with E-state index in [9.17, 15) is 4.79 Å². The van der Waals surface area contributed by atoms with Gasteiger partial charge in [-0.3, -0.25) is 9.59 Å². The van der Waals surface area contributed by atoms with Crippen molar-refractivity contribution in [1.29, 1.82) is 0 Å². The molecule has 8 nitrogen and oxygen atoms in total. The Morgan fingerprint density at radius 2 is 1.91 bits per heavy atom. The molecule has 0 spiro atoms. The lowest BCUT2D eigenvalue weighted by Gasteiger charge is -2.35. The quantitative estimate of drug-likeness (QED) is 0.690. The van der Waals surface area contributed by atoms with Crippen LogP contribution >= 0.6 is 0 Å². The summed E-state index contributed by atoms with van der Waals surface area (Å²) in [6, 6.07) is 14.6. The zero-order valence-electron chi connectivity index (χ0n) is 18.8. The minimum Gasteiger partial charge on any atom is -0.483 e. The van der Waals surface area contributed by atoms with Crippen LogP contribution < -0.4 is 4.90 Å². The molecule has 2 fully saturated rings. The van der Waals surface area contributed by atoms with Crippen molar-refractivity contribution in [2.24, 2.45) is 11.8 Å². The fourth-order valence-corrected chi connectivity index (χ4v) is 4.80. The van der Waals surface area contributed by atoms with Gasteiger partial charge in [-0.05, 0) is 43.2 Å². The van der Waals surface area contributed by atoms with Gasteiger partial charge < -0.3 is 19.6 Å². The zero-order chi connectivity index (χ0) is 22.9. The Labute approximate surface area is 189 Å². The number of piperidine rings is 1. The summed E-state index contributed by atoms with van der Waals surface area (Å²) in [6.07, 6.45) is 3.82. The highest BCUT2D eigenvalue weighted by molar-refractivity contribution is 5.76. The molecule has 8 heteroatoms. The van der Waals surface area contributed by atoms with Crippen LogP contribution in [0.1, 0.15) is 25.7 Å². The van der Waals surface area contributed by atoms with Crippen molar-refractivity contribution in [1.82, 2.24) is 15.1 Å². The number of methoxy groups -OCH3 is 1. The van der Waals surface area contributed by atoms with Crippen LogP contribution in [-0.4, -0.2) is 72.5 Å². The molecule has 1 amide bonds. The number of benzene rings is 1. The second-order valence-electron chi connectivity index (χ2n) is 8.38. The highest BCUT2D eigenvalue weighted by atomic mass is 16.5. The van der Waals surface area contributed by atoms with E-state index in [4.69, 9.17) is 14.6 Å². The highest BCUT2D eigenvalue weighted by Gasteiger charge is 2.40. The molecule has 4 rings (SSSR count). The first kappa shape index (κ1) is 23.7. The molecule has 2 heterocycles. The van der Waals surface area contributed by atoms with E-state index < -0.39 is 0 Å². The Morgan fingerprint density at radius 3 is 2.56 bits per heavy atom. The van der Waals surface area contributed by atoms with E-state index in [0.29, 0.717) is 30.9 Å². The largest absolute Gasteiger partial charge is 0.483 e. The van der Waals surface area contributed by atoms with Crippen LogP contribution in [0.15, 0.2) is 42.5 Å². The number of fused-ring (bicyclic) bond motifs is 1. The lowest BCUT2D eigenvalue weighted by Crippen LogP contribution is -2.39. The van der Waals surface area contributed by atoms with Crippen molar-refractivity contribution in [3.05, 3.63) is 42.5 Å². The zero-order valence-corrected chi connectivity index (χ0v) is 18.8. The summed E-state index contributed by atoms with van der Waals surface area (Å²) in [6.45, 7) is 2.25. The van der Waals surface area contributed by atoms with Crippen molar-refractivity contribution in [2.75, 3.05) is 38.8 Å². The highest BCUT2D eigenvalue weighted by Crippen LogP contribution is 2.40. The number of anilines is 1. The number of carbonyl (C=O) groups is 2. The minimum absolute atomic E-state index is 0.190. The number of rotatable bonds is 6. The number of amides is 1. The van der Waals surface area contributed by atoms with Gasteiger partial charge in [0.2, 0.25) is 5.91 Å². The molecule has 1 aromatic carbocycles. The molecule has 1 saturated heterocycles. The minimum atomic E-state index is -0.250. The standard InChI is InChI=1S/C23H30N4O2.CH2O2/c1-26(23(28)11-13-29-2)20-14-18-10-12-27(16-19(18)15-20)22-9-8-21(24-25-22)17-6-4-3-5-7-17;2-1-3/h3-9,18-20H,10-16H2,1-2H3;1H,(H,2,3)/t18-,19-,20+;/m1./s1. The van der Waals surface area contributed by atoms with E-state index in [1.807, 2.05) is 30.1 Å². The van der Waals surface area contributed by atoms with Crippen molar-refractivity contribution in [3.8, 4) is 11.3 Å². The molecule has 3 atom stereocenters. The maximum atomic E-state index is 12.3. The first-order chi connectivity index (χ1) is 15.6. The van der Waals surface area contributed by atoms with E-state index >= 15 is 0 Å². The van der Waals surface area contributed by atoms with Gasteiger partial charge in [0.25, 0.3) is 6.47 Å². The van der Waals surface area contributed by atoms with Gasteiger partial charge in [-0.25, -0.2) is 0 Å². The number of ether oxygens (including phenoxy) is 1. The van der Waals surface area contributed by atoms with Crippen LogP contribution in [0, 0.1) is 11.8 Å². The van der Waals surface area contributed by atoms with Gasteiger partial charge in [0.1, 0.15) is 0 Å². The molecule has 1 N–H and O–H groups in total. The normalized spacial score (nSPS) is 21.8. The summed E-state index contributed by atoms with van der Waals surface area (Å²) in [4.78, 5) is 25.0. The van der Waals surface area contributed by atoms with Crippen LogP contribution in [0.5, 0.6) is 0 Å². The fraction of sp³-hybridized carbons (Fsp3) is 0.500. The molecule has 172 valence electrons. The van der Waals surface area contributed by atoms with Gasteiger partial charge in [0, 0.05) is 38.9 Å². The second-order valence-corrected chi connectivity index (χ2v) is 8.38. The SMILES string of the molecule is COCCC(=O)N(C)[C@H]1C[C@H]2CCN(c3ccc(-c4ccccc4)nn3)C[C@H]2C1.O=CO. The van der Waals surface area contributed by atoms with Crippen molar-refractivity contribution >= 4 is 18.2 Å². The van der Waals surface area contributed by atoms with E-state index in [1.165, 1.54) is 0 Å². The first-order valence-electron chi connectivity index (χ1n) is 11.0. The Morgan fingerprint density at radius 1 is 1.19 bits per heavy atom. The lowest BCUT2D eigenvalue weighted by molar-refractivity contribution is -0.132. The van der Waals surface area contributed by atoms with Gasteiger partial charge in [0.15, 0.2) is 5.82 Å². The maximum Gasteiger partial charge on any atom is 0.290 e. The molecular formula is C24H32N4O4. The molecule has 0 radical (unpaired) electrons. The van der Waals surface area contributed by atoms with Gasteiger partial charge in [-0.15, -0.1) is 10.2 Å². The first-order valence-corrected chi connectivity index (χ1v) is 11.0. The number of hydrogen-bond donors (Lipinski definition) is 1. The Bertz CT molecular complexity index is 862. The number of carboxylic acid groups (broad SMARTS) is 1. The third kappa shape index (κ3) is 5.82. The van der Waals surface area contributed by atoms with Crippen molar-refractivity contribution in [3.63, 3.8) is 0 Å². The summed E-state index contributed by atoms with van der Waals surface area (Å²) in [5.74, 6) is 2.46. The van der Waals surface area contributed by atoms with E-state index in [1.54, 1.807) is 7.11 Å². The average Bonchev–Trinajstić information content (AvgIpc) is 3.26. The summed E-state index contributed by atoms with van der Waals surface area (Å²) < 4.78 is 5.05. The molecule has 1 aromatic heterocycles. The van der Waals surface area contributed by atoms with E-state index in [0.717, 1.165) is 49.4 Å². The predicted molar refractivity (Wildman–Crippen MR) is 122 cm³/mol. The maximum absolute atomic E-state index is 12.3. The number of nitrogens with zero attached hydrogens (tertiary/aromatic N) is 4. The molecule has 0 unspecified atom stereocenters. The van der Waals surface area contributed by atoms with E-state index in [-0.39, 0.29) is 12.4 Å². The number of aromatic nitrogens is 2. The average molecular weight is 441 g/mol. The van der Waals surface area contributed by atoms with Crippen molar-refractivity contribution < 1.29 is 19.4 Å². The summed E-state index contributed by atoms with van der Waals surface area (Å²) in [5, 5.41) is 15.8. The Balaban J connectivity index is 0.000000913. The van der Waals surface area contributed by atoms with Gasteiger partial charge in [0.05, 0.1) is 18.7 Å². The lowest BCUT2D eigenvalue weighted by atomic mass is 9.89. The predicted octanol–water partition coefficient (Wildman–Crippen LogP) is 2.94. The van der Waals surface area contributed by atoms with Gasteiger partial charge in [-0.1, -0.05) is 30.3 Å². The molecule has 32 heavy (non-hydrogen) atoms. The summed E-state index contributed by atoms with van der Waals surface area (Å²) in [5.41, 5.74) is 1.99. The Kier molecular flexibility index (Phi) is 8.56. The fourth-order valence-electron chi connectivity index (χ4n) is 4.80. The smallest absolute Gasteiger partial charge is 0.290 e. The number of hydrogen-bond acceptors (Lipinski definition) is 6. The molecular weight excluding hydrogens is 408 g/mol. The monoisotopic (exact) mass is 440 g/mol. The molecule has 1 aliphatic heterocycles. The summed E-state index contributed by atoms with van der Waals surface area (Å²) >= 11 is 0. The number of carbonyl (C=O) groups excluding carboxylic acids is 1. The van der Waals surface area contributed by atoms with Crippen LogP contribution in [-0.2, 0) is 14.3 Å². The topological polar surface area (TPSA) is 95.9 Å². The molecule has 1 saturated carbocycles. The summed E-state index contributed by atoms with van der Waals surface area (Å²) in [7, 11) is 3.59. The van der Waals surface area contributed by atoms with Crippen LogP contribution in [0.4, 0.5) is 5.82 Å². The molecule has 1 aliphatic carbocycles. The van der Waals surface area contributed by atoms with Crippen LogP contribution in [0.2, 0.25) is 0 Å². The third-order valence-electron chi connectivity index (χ3n) is 6.55. The van der Waals surface area contributed by atoms with Crippen molar-refractivity contribution in [2.45, 2.75) is 31.7 Å². The van der Waals surface area contributed by atoms with E-state index in [2.05, 4.69) is 39.4 Å². The molecule has 0 bridgehead atoms. The van der Waals surface area contributed by atoms with Gasteiger partial charge in [-0.2, -0.15) is 0 Å². The second kappa shape index (κ2) is 11.6. The molecule has 2 aliphatic rings. The third-order valence-corrected chi connectivity index (χ3v) is 6.55.